The molecule has 122 valence electrons. The Kier molecular flexibility index (Phi) is 6.05. The van der Waals surface area contributed by atoms with E-state index in [1.165, 1.54) is 26.2 Å². The van der Waals surface area contributed by atoms with Crippen LogP contribution in [0.1, 0.15) is 17.3 Å². The van der Waals surface area contributed by atoms with Gasteiger partial charge in [0.25, 0.3) is 6.43 Å². The van der Waals surface area contributed by atoms with Gasteiger partial charge in [-0.3, -0.25) is 5.01 Å². The summed E-state index contributed by atoms with van der Waals surface area (Å²) in [4.78, 5) is 11.9. The zero-order chi connectivity index (χ0) is 16.9. The summed E-state index contributed by atoms with van der Waals surface area (Å²) < 4.78 is 48.6. The number of halogens is 3. The molecule has 0 spiro atoms. The van der Waals surface area contributed by atoms with Crippen LogP contribution in [0.2, 0.25) is 0 Å². The van der Waals surface area contributed by atoms with Gasteiger partial charge in [-0.25, -0.2) is 23.8 Å². The SMILES string of the molecule is CCOC(=O)c1c(N(N)/C=C(\N)C(F)F)ccc(OC)c1F. The summed E-state index contributed by atoms with van der Waals surface area (Å²) >= 11 is 0. The summed E-state index contributed by atoms with van der Waals surface area (Å²) in [6, 6.07) is 2.42. The molecule has 0 fully saturated rings. The van der Waals surface area contributed by atoms with Crippen molar-refractivity contribution in [1.82, 2.24) is 0 Å². The number of ether oxygens (including phenoxy) is 2. The molecule has 6 nitrogen and oxygen atoms in total. The topological polar surface area (TPSA) is 90.8 Å². The van der Waals surface area contributed by atoms with Crippen molar-refractivity contribution in [2.75, 3.05) is 18.7 Å². The van der Waals surface area contributed by atoms with Crippen LogP contribution >= 0.6 is 0 Å². The van der Waals surface area contributed by atoms with E-state index in [-0.39, 0.29) is 18.0 Å². The van der Waals surface area contributed by atoms with Crippen LogP contribution in [0.25, 0.3) is 0 Å². The third-order valence-corrected chi connectivity index (χ3v) is 2.60. The lowest BCUT2D eigenvalue weighted by molar-refractivity contribution is 0.0521. The molecule has 0 aliphatic rings. The third-order valence-electron chi connectivity index (χ3n) is 2.60. The predicted octanol–water partition coefficient (Wildman–Crippen LogP) is 1.76. The Morgan fingerprint density at radius 2 is 2.09 bits per heavy atom. The minimum Gasteiger partial charge on any atom is -0.494 e. The van der Waals surface area contributed by atoms with Gasteiger partial charge in [0.05, 0.1) is 25.1 Å². The predicted molar refractivity (Wildman–Crippen MR) is 73.8 cm³/mol. The van der Waals surface area contributed by atoms with Gasteiger partial charge in [0.15, 0.2) is 11.6 Å². The van der Waals surface area contributed by atoms with Crippen LogP contribution in [0.4, 0.5) is 18.9 Å². The molecular weight excluding hydrogens is 303 g/mol. The first-order valence-corrected chi connectivity index (χ1v) is 6.16. The van der Waals surface area contributed by atoms with Crippen molar-refractivity contribution in [3.8, 4) is 5.75 Å². The summed E-state index contributed by atoms with van der Waals surface area (Å²) in [5.74, 6) is 3.32. The van der Waals surface area contributed by atoms with Crippen molar-refractivity contribution in [1.29, 1.82) is 0 Å². The number of methoxy groups -OCH3 is 1. The second kappa shape index (κ2) is 7.55. The molecule has 0 saturated heterocycles. The Hall–Kier alpha value is -2.42. The van der Waals surface area contributed by atoms with Crippen molar-refractivity contribution in [2.24, 2.45) is 11.6 Å². The molecule has 0 atom stereocenters. The number of allylic oxidation sites excluding steroid dienone is 1. The van der Waals surface area contributed by atoms with Crippen molar-refractivity contribution >= 4 is 11.7 Å². The van der Waals surface area contributed by atoms with Crippen LogP contribution in [-0.2, 0) is 4.74 Å². The highest BCUT2D eigenvalue weighted by atomic mass is 19.3. The van der Waals surface area contributed by atoms with Gasteiger partial charge in [-0.05, 0) is 19.1 Å². The minimum absolute atomic E-state index is 0.00545. The van der Waals surface area contributed by atoms with Gasteiger partial charge in [0.1, 0.15) is 5.56 Å². The molecule has 0 amide bonds. The molecule has 9 heteroatoms. The van der Waals surface area contributed by atoms with Crippen LogP contribution in [0, 0.1) is 5.82 Å². The van der Waals surface area contributed by atoms with E-state index in [9.17, 15) is 18.0 Å². The largest absolute Gasteiger partial charge is 0.494 e. The number of benzene rings is 1. The van der Waals surface area contributed by atoms with Gasteiger partial charge in [0.2, 0.25) is 0 Å². The summed E-state index contributed by atoms with van der Waals surface area (Å²) in [6.45, 7) is 1.53. The normalized spacial score (nSPS) is 11.5. The summed E-state index contributed by atoms with van der Waals surface area (Å²) in [5, 5.41) is 0.621. The van der Waals surface area contributed by atoms with E-state index in [1.54, 1.807) is 0 Å². The number of hydrogen-bond acceptors (Lipinski definition) is 6. The standard InChI is InChI=1S/C13H16F3N3O3/c1-3-22-13(20)10-8(4-5-9(21-2)11(10)14)19(18)6-7(17)12(15)16/h4-6,12H,3,17-18H2,1-2H3/b7-6-. The molecule has 0 saturated carbocycles. The number of hydrazine groups is 1. The van der Waals surface area contributed by atoms with E-state index in [4.69, 9.17) is 21.1 Å². The van der Waals surface area contributed by atoms with Gasteiger partial charge >= 0.3 is 5.97 Å². The zero-order valence-electron chi connectivity index (χ0n) is 12.0. The maximum Gasteiger partial charge on any atom is 0.343 e. The number of nitrogens with zero attached hydrogens (tertiary/aromatic N) is 1. The monoisotopic (exact) mass is 319 g/mol. The second-order valence-electron chi connectivity index (χ2n) is 4.03. The van der Waals surface area contributed by atoms with Crippen molar-refractivity contribution in [3.63, 3.8) is 0 Å². The number of anilines is 1. The highest BCUT2D eigenvalue weighted by Gasteiger charge is 2.24. The summed E-state index contributed by atoms with van der Waals surface area (Å²) in [7, 11) is 1.21. The van der Waals surface area contributed by atoms with Crippen molar-refractivity contribution in [2.45, 2.75) is 13.3 Å². The maximum absolute atomic E-state index is 14.3. The number of nitrogens with two attached hydrogens (primary N) is 2. The Morgan fingerprint density at radius 3 is 2.59 bits per heavy atom. The third kappa shape index (κ3) is 3.82. The van der Waals surface area contributed by atoms with Gasteiger partial charge in [-0.1, -0.05) is 0 Å². The lowest BCUT2D eigenvalue weighted by Crippen LogP contribution is -2.29. The fourth-order valence-electron chi connectivity index (χ4n) is 1.60. The molecule has 1 rings (SSSR count). The molecule has 0 radical (unpaired) electrons. The number of rotatable bonds is 6. The van der Waals surface area contributed by atoms with E-state index in [2.05, 4.69) is 0 Å². The smallest absolute Gasteiger partial charge is 0.343 e. The molecular formula is C13H16F3N3O3. The first-order valence-electron chi connectivity index (χ1n) is 6.16. The van der Waals surface area contributed by atoms with Crippen molar-refractivity contribution in [3.05, 3.63) is 35.4 Å². The molecule has 1 aromatic carbocycles. The molecule has 0 heterocycles. The fraction of sp³-hybridized carbons (Fsp3) is 0.308. The molecule has 0 bridgehead atoms. The molecule has 4 N–H and O–H groups in total. The fourth-order valence-corrected chi connectivity index (χ4v) is 1.60. The lowest BCUT2D eigenvalue weighted by atomic mass is 10.1. The highest BCUT2D eigenvalue weighted by molar-refractivity contribution is 5.97. The first-order chi connectivity index (χ1) is 10.3. The average molecular weight is 319 g/mol. The molecule has 0 aliphatic carbocycles. The Labute approximate surface area is 125 Å². The lowest BCUT2D eigenvalue weighted by Gasteiger charge is -2.19. The summed E-state index contributed by atoms with van der Waals surface area (Å²) in [6.07, 6.45) is -2.26. The molecule has 0 aliphatic heterocycles. The second-order valence-corrected chi connectivity index (χ2v) is 4.03. The van der Waals surface area contributed by atoms with Crippen LogP contribution in [0.15, 0.2) is 24.0 Å². The van der Waals surface area contributed by atoms with E-state index >= 15 is 0 Å². The van der Waals surface area contributed by atoms with Gasteiger partial charge < -0.3 is 15.2 Å². The average Bonchev–Trinajstić information content (AvgIpc) is 2.46. The maximum atomic E-state index is 14.3. The van der Waals surface area contributed by atoms with E-state index in [1.807, 2.05) is 0 Å². The van der Waals surface area contributed by atoms with Crippen LogP contribution in [0.3, 0.4) is 0 Å². The molecule has 1 aromatic rings. The number of hydrogen-bond donors (Lipinski definition) is 2. The Bertz CT molecular complexity index is 579. The number of alkyl halides is 2. The Balaban J connectivity index is 3.38. The van der Waals surface area contributed by atoms with Gasteiger partial charge in [-0.15, -0.1) is 0 Å². The van der Waals surface area contributed by atoms with Crippen LogP contribution in [0.5, 0.6) is 5.75 Å². The quantitative estimate of drug-likeness (QED) is 0.472. The van der Waals surface area contributed by atoms with E-state index in [0.717, 1.165) is 0 Å². The van der Waals surface area contributed by atoms with Gasteiger partial charge in [-0.2, -0.15) is 0 Å². The van der Waals surface area contributed by atoms with Crippen LogP contribution in [-0.4, -0.2) is 26.1 Å². The number of carbonyl (C=O) groups is 1. The first kappa shape index (κ1) is 17.6. The highest BCUT2D eigenvalue weighted by Crippen LogP contribution is 2.30. The number of carbonyl (C=O) groups excluding carboxylic acids is 1. The molecule has 0 aromatic heterocycles. The zero-order valence-corrected chi connectivity index (χ0v) is 12.0. The van der Waals surface area contributed by atoms with E-state index < -0.39 is 29.5 Å². The molecule has 0 unspecified atom stereocenters. The number of esters is 1. The summed E-state index contributed by atoms with van der Waals surface area (Å²) in [5.41, 5.74) is 3.52. The minimum atomic E-state index is -2.94. The van der Waals surface area contributed by atoms with E-state index in [0.29, 0.717) is 11.2 Å². The molecule has 22 heavy (non-hydrogen) atoms. The Morgan fingerprint density at radius 1 is 1.45 bits per heavy atom. The van der Waals surface area contributed by atoms with Crippen molar-refractivity contribution < 1.29 is 27.4 Å². The van der Waals surface area contributed by atoms with Gasteiger partial charge in [0, 0.05) is 6.20 Å². The van der Waals surface area contributed by atoms with Crippen LogP contribution < -0.4 is 21.3 Å².